The van der Waals surface area contributed by atoms with Gasteiger partial charge in [-0.1, -0.05) is 0 Å². The van der Waals surface area contributed by atoms with Crippen LogP contribution in [0, 0.1) is 6.92 Å². The number of carbonyl (C=O) groups excluding carboxylic acids is 2. The van der Waals surface area contributed by atoms with Gasteiger partial charge < -0.3 is 35.3 Å². The summed E-state index contributed by atoms with van der Waals surface area (Å²) in [6.07, 6.45) is 1.80. The van der Waals surface area contributed by atoms with Gasteiger partial charge in [0.15, 0.2) is 5.78 Å². The van der Waals surface area contributed by atoms with Gasteiger partial charge in [-0.15, -0.1) is 0 Å². The van der Waals surface area contributed by atoms with Crippen molar-refractivity contribution in [3.05, 3.63) is 62.2 Å². The molecule has 3 aromatic rings. The topological polar surface area (TPSA) is 177 Å². The van der Waals surface area contributed by atoms with E-state index in [1.807, 2.05) is 0 Å². The first-order valence-electron chi connectivity index (χ1n) is 11.8. The molecule has 0 saturated carbocycles. The summed E-state index contributed by atoms with van der Waals surface area (Å²) in [5.41, 5.74) is -0.898. The van der Waals surface area contributed by atoms with Crippen molar-refractivity contribution in [3.63, 3.8) is 0 Å². The molecular weight excluding hydrogens is 508 g/mol. The van der Waals surface area contributed by atoms with E-state index in [9.17, 15) is 39.9 Å². The number of carbonyl (C=O) groups is 3. The number of ether oxygens (including phenoxy) is 1. The fourth-order valence-corrected chi connectivity index (χ4v) is 5.34. The molecule has 11 nitrogen and oxygen atoms in total. The number of ketones is 2. The highest BCUT2D eigenvalue weighted by Gasteiger charge is 2.42. The fourth-order valence-electron chi connectivity index (χ4n) is 5.34. The van der Waals surface area contributed by atoms with E-state index in [-0.39, 0.29) is 57.5 Å². The predicted octanol–water partition coefficient (Wildman–Crippen LogP) is 2.96. The van der Waals surface area contributed by atoms with E-state index in [0.717, 1.165) is 6.07 Å². The molecule has 5 rings (SSSR count). The molecule has 200 valence electrons. The van der Waals surface area contributed by atoms with Crippen LogP contribution < -0.4 is 4.74 Å². The van der Waals surface area contributed by atoms with Crippen molar-refractivity contribution >= 4 is 23.8 Å². The smallest absolute Gasteiger partial charge is 0.340 e. The van der Waals surface area contributed by atoms with Gasteiger partial charge in [0.25, 0.3) is 0 Å². The summed E-state index contributed by atoms with van der Waals surface area (Å²) < 4.78 is 5.58. The maximum atomic E-state index is 13.7. The number of rotatable bonds is 4. The molecule has 0 saturated heterocycles. The average Bonchev–Trinajstić information content (AvgIpc) is 2.88. The van der Waals surface area contributed by atoms with Gasteiger partial charge in [-0.2, -0.15) is 5.10 Å². The van der Waals surface area contributed by atoms with Gasteiger partial charge in [-0.3, -0.25) is 9.59 Å². The molecule has 2 aliphatic rings. The SMILES string of the molecule is COc1c2c(c(O)c3c1C(=O)c1c(cc(O)c(C)c1O)C3=O)-c1c(cc(C=NN(C)C)c(C(=O)O)c1O)CC2. The van der Waals surface area contributed by atoms with Gasteiger partial charge in [-0.25, -0.2) is 4.79 Å². The Morgan fingerprint density at radius 1 is 0.923 bits per heavy atom. The van der Waals surface area contributed by atoms with Gasteiger partial charge in [0.05, 0.1) is 30.0 Å². The second-order valence-corrected chi connectivity index (χ2v) is 9.56. The number of phenolic OH excluding ortho intramolecular Hbond substituents is 3. The van der Waals surface area contributed by atoms with Crippen molar-refractivity contribution in [2.45, 2.75) is 19.8 Å². The van der Waals surface area contributed by atoms with Crippen LogP contribution in [0.2, 0.25) is 0 Å². The fraction of sp³-hybridized carbons (Fsp3) is 0.214. The van der Waals surface area contributed by atoms with E-state index in [2.05, 4.69) is 5.10 Å². The number of fused-ring (bicyclic) bond motifs is 5. The molecule has 0 aliphatic heterocycles. The van der Waals surface area contributed by atoms with E-state index < -0.39 is 51.7 Å². The van der Waals surface area contributed by atoms with Gasteiger partial charge in [0.2, 0.25) is 5.78 Å². The van der Waals surface area contributed by atoms with Crippen LogP contribution in [-0.2, 0) is 12.8 Å². The molecule has 0 fully saturated rings. The maximum Gasteiger partial charge on any atom is 0.340 e. The number of hydrogen-bond acceptors (Lipinski definition) is 10. The van der Waals surface area contributed by atoms with Crippen LogP contribution in [0.4, 0.5) is 0 Å². The largest absolute Gasteiger partial charge is 0.508 e. The number of hydrogen-bond donors (Lipinski definition) is 5. The van der Waals surface area contributed by atoms with Crippen molar-refractivity contribution in [2.24, 2.45) is 5.10 Å². The number of methoxy groups -OCH3 is 1. The van der Waals surface area contributed by atoms with Crippen LogP contribution in [0.3, 0.4) is 0 Å². The lowest BCUT2D eigenvalue weighted by molar-refractivity contribution is 0.0693. The van der Waals surface area contributed by atoms with Crippen molar-refractivity contribution in [2.75, 3.05) is 21.2 Å². The average molecular weight is 533 g/mol. The third-order valence-corrected chi connectivity index (χ3v) is 7.13. The maximum absolute atomic E-state index is 13.7. The van der Waals surface area contributed by atoms with Crippen LogP contribution in [0.5, 0.6) is 28.7 Å². The Hall–Kier alpha value is -5.06. The summed E-state index contributed by atoms with van der Waals surface area (Å²) in [6, 6.07) is 2.59. The normalized spacial score (nSPS) is 13.5. The van der Waals surface area contributed by atoms with E-state index in [4.69, 9.17) is 4.74 Å². The zero-order valence-corrected chi connectivity index (χ0v) is 21.4. The number of phenols is 4. The summed E-state index contributed by atoms with van der Waals surface area (Å²) in [5, 5.41) is 59.0. The molecule has 0 amide bonds. The summed E-state index contributed by atoms with van der Waals surface area (Å²) in [7, 11) is 4.58. The Bertz CT molecular complexity index is 1690. The van der Waals surface area contributed by atoms with E-state index in [1.54, 1.807) is 20.2 Å². The Morgan fingerprint density at radius 2 is 1.62 bits per heavy atom. The van der Waals surface area contributed by atoms with Crippen LogP contribution >= 0.6 is 0 Å². The van der Waals surface area contributed by atoms with Crippen molar-refractivity contribution in [1.82, 2.24) is 5.01 Å². The molecule has 39 heavy (non-hydrogen) atoms. The number of carboxylic acids is 1. The van der Waals surface area contributed by atoms with Crippen molar-refractivity contribution < 1.29 is 44.7 Å². The minimum absolute atomic E-state index is 0.00472. The minimum Gasteiger partial charge on any atom is -0.508 e. The zero-order chi connectivity index (χ0) is 28.5. The highest BCUT2D eigenvalue weighted by atomic mass is 16.5. The number of hydrazone groups is 1. The Morgan fingerprint density at radius 3 is 2.23 bits per heavy atom. The lowest BCUT2D eigenvalue weighted by atomic mass is 9.74. The minimum atomic E-state index is -1.44. The molecule has 0 unspecified atom stereocenters. The van der Waals surface area contributed by atoms with Crippen LogP contribution in [0.15, 0.2) is 17.2 Å². The summed E-state index contributed by atoms with van der Waals surface area (Å²) in [5.74, 6) is -5.38. The Balaban J connectivity index is 1.87. The van der Waals surface area contributed by atoms with Crippen LogP contribution in [0.1, 0.15) is 64.5 Å². The molecule has 2 aliphatic carbocycles. The quantitative estimate of drug-likeness (QED) is 0.194. The zero-order valence-electron chi connectivity index (χ0n) is 21.4. The Labute approximate surface area is 221 Å². The number of carboxylic acid groups (broad SMARTS) is 1. The molecule has 0 bridgehead atoms. The van der Waals surface area contributed by atoms with Gasteiger partial charge in [-0.05, 0) is 37.5 Å². The first-order valence-corrected chi connectivity index (χ1v) is 11.8. The van der Waals surface area contributed by atoms with Gasteiger partial charge in [0.1, 0.15) is 34.3 Å². The number of nitrogens with zero attached hydrogens (tertiary/aromatic N) is 2. The first kappa shape index (κ1) is 25.6. The number of benzene rings is 3. The second kappa shape index (κ2) is 8.76. The lowest BCUT2D eigenvalue weighted by Crippen LogP contribution is -2.24. The first-order chi connectivity index (χ1) is 18.4. The summed E-state index contributed by atoms with van der Waals surface area (Å²) in [6.45, 7) is 1.39. The number of aromatic hydroxyl groups is 4. The molecule has 11 heteroatoms. The molecular formula is C28H24N2O9. The third kappa shape index (κ3) is 3.50. The standard InChI is InChI=1S/C28H24N2O9/c1-10-15(31)8-14-19(22(10)32)26(36)21-20(23(14)33)25(35)18-13(27(21)39-4)6-5-11-7-12(9-29-30(2)3)17(28(37)38)24(34)16(11)18/h7-9,31-32,34-35H,5-6H2,1-4H3,(H,37,38). The van der Waals surface area contributed by atoms with Crippen LogP contribution in [0.25, 0.3) is 11.1 Å². The molecule has 3 aromatic carbocycles. The molecule has 0 radical (unpaired) electrons. The van der Waals surface area contributed by atoms with E-state index in [1.165, 1.54) is 25.3 Å². The van der Waals surface area contributed by atoms with Crippen molar-refractivity contribution in [3.8, 4) is 39.9 Å². The third-order valence-electron chi connectivity index (χ3n) is 7.13. The highest BCUT2D eigenvalue weighted by molar-refractivity contribution is 6.32. The monoisotopic (exact) mass is 532 g/mol. The predicted molar refractivity (Wildman–Crippen MR) is 139 cm³/mol. The van der Waals surface area contributed by atoms with Gasteiger partial charge in [0, 0.05) is 47.5 Å². The molecule has 0 aromatic heterocycles. The Kier molecular flexibility index (Phi) is 5.75. The highest BCUT2D eigenvalue weighted by Crippen LogP contribution is 2.54. The number of aromatic carboxylic acids is 1. The lowest BCUT2D eigenvalue weighted by Gasteiger charge is -2.30. The van der Waals surface area contributed by atoms with E-state index in [0.29, 0.717) is 11.1 Å². The number of aryl methyl sites for hydroxylation is 1. The van der Waals surface area contributed by atoms with Crippen molar-refractivity contribution in [1.29, 1.82) is 0 Å². The molecule has 5 N–H and O–H groups in total. The molecule has 0 atom stereocenters. The van der Waals surface area contributed by atoms with E-state index >= 15 is 0 Å². The summed E-state index contributed by atoms with van der Waals surface area (Å²) >= 11 is 0. The summed E-state index contributed by atoms with van der Waals surface area (Å²) in [4.78, 5) is 39.5. The molecule has 0 spiro atoms. The van der Waals surface area contributed by atoms with Gasteiger partial charge >= 0.3 is 5.97 Å². The van der Waals surface area contributed by atoms with Crippen LogP contribution in [-0.4, -0.2) is 75.5 Å². The second-order valence-electron chi connectivity index (χ2n) is 9.56. The molecule has 0 heterocycles.